The van der Waals surface area contributed by atoms with Gasteiger partial charge >= 0.3 is 11.9 Å². The van der Waals surface area contributed by atoms with Crippen LogP contribution in [0.4, 0.5) is 0 Å². The number of phenols is 1. The normalized spacial score (nSPS) is 17.1. The van der Waals surface area contributed by atoms with Crippen LogP contribution in [0.25, 0.3) is 0 Å². The minimum Gasteiger partial charge on any atom is -0.508 e. The molecule has 2 aromatic rings. The standard InChI is InChI=1S/C41H61N9O12/c1-6-23(4)34(49-36(55)29(17-24-11-13-26(51)14-12-24)46-38(57)33(22(2)3)48-35(54)27(42)19-32(52)53)39(58)47-30(18-25-20-43-21-44-25)40(59)50-15-7-10-31(50)37(56)45-28(41(60)61)9-8-16-62-5/h11-14,20-23,27-31,33-34,51H,6-10,15-19,42H2,1-5H3,(H,43,44)(H,45,56)(H,46,57)(H,47,58)(H,48,54)(H,49,55)(H,52,53)(H,60,61)/t23?,27-,28-,29-,30-,31-,33-,34-/m0/s1. The van der Waals surface area contributed by atoms with Crippen LogP contribution in [0, 0.1) is 11.8 Å². The fourth-order valence-corrected chi connectivity index (χ4v) is 6.91. The van der Waals surface area contributed by atoms with Crippen LogP contribution >= 0.6 is 0 Å². The second-order valence-corrected chi connectivity index (χ2v) is 15.8. The van der Waals surface area contributed by atoms with E-state index in [0.717, 1.165) is 0 Å². The van der Waals surface area contributed by atoms with Gasteiger partial charge in [0.2, 0.25) is 35.4 Å². The van der Waals surface area contributed by atoms with Crippen LogP contribution in [-0.2, 0) is 55.9 Å². The van der Waals surface area contributed by atoms with Gasteiger partial charge in [-0.1, -0.05) is 46.2 Å². The molecule has 1 fully saturated rings. The van der Waals surface area contributed by atoms with Crippen LogP contribution in [0.1, 0.15) is 77.5 Å². The Morgan fingerprint density at radius 1 is 0.871 bits per heavy atom. The number of imidazole rings is 1. The molecular formula is C41H61N9O12. The maximum absolute atomic E-state index is 14.3. The van der Waals surface area contributed by atoms with Gasteiger partial charge in [0.15, 0.2) is 0 Å². The van der Waals surface area contributed by atoms with E-state index in [4.69, 9.17) is 15.6 Å². The molecule has 1 aromatic carbocycles. The zero-order valence-electron chi connectivity index (χ0n) is 35.7. The van der Waals surface area contributed by atoms with E-state index < -0.39 is 108 Å². The summed E-state index contributed by atoms with van der Waals surface area (Å²) < 4.78 is 5.01. The SMILES string of the molecule is CCC(C)[C@H](NC(=O)[C@H](Cc1ccc(O)cc1)NC(=O)[C@@H](NC(=O)[C@@H](N)CC(=O)O)C(C)C)C(=O)N[C@@H](Cc1cnc[nH]1)C(=O)N1CCC[C@H]1C(=O)N[C@@H](CCCOC)C(=O)O. The van der Waals surface area contributed by atoms with E-state index in [-0.39, 0.29) is 38.0 Å². The Balaban J connectivity index is 1.90. The van der Waals surface area contributed by atoms with Gasteiger partial charge in [0.05, 0.1) is 18.8 Å². The number of nitrogens with one attached hydrogen (secondary N) is 6. The van der Waals surface area contributed by atoms with Crippen molar-refractivity contribution in [1.82, 2.24) is 41.5 Å². The van der Waals surface area contributed by atoms with E-state index in [1.807, 2.05) is 0 Å². The van der Waals surface area contributed by atoms with Crippen LogP contribution < -0.4 is 32.3 Å². The van der Waals surface area contributed by atoms with Crippen molar-refractivity contribution >= 4 is 47.4 Å². The number of aliphatic carboxylic acids is 2. The van der Waals surface area contributed by atoms with E-state index in [9.17, 15) is 48.6 Å². The number of aromatic hydroxyl groups is 1. The lowest BCUT2D eigenvalue weighted by Gasteiger charge is -2.32. The first kappa shape index (κ1) is 50.3. The molecule has 0 saturated carbocycles. The lowest BCUT2D eigenvalue weighted by Crippen LogP contribution is -2.61. The predicted octanol–water partition coefficient (Wildman–Crippen LogP) is -0.669. The summed E-state index contributed by atoms with van der Waals surface area (Å²) in [6.07, 6.45) is 3.52. The number of rotatable bonds is 25. The predicted molar refractivity (Wildman–Crippen MR) is 222 cm³/mol. The third-order valence-electron chi connectivity index (χ3n) is 10.7. The Bertz CT molecular complexity index is 1840. The molecule has 21 heteroatoms. The monoisotopic (exact) mass is 871 g/mol. The van der Waals surface area contributed by atoms with Crippen molar-refractivity contribution in [3.05, 3.63) is 48.0 Å². The molecule has 1 aliphatic heterocycles. The molecular weight excluding hydrogens is 811 g/mol. The number of hydrogen-bond donors (Lipinski definition) is 10. The number of nitrogens with two attached hydrogens (primary N) is 1. The number of hydrogen-bond acceptors (Lipinski definition) is 12. The van der Waals surface area contributed by atoms with Gasteiger partial charge in [-0.3, -0.25) is 33.6 Å². The number of H-pyrrole nitrogens is 1. The maximum atomic E-state index is 14.3. The second-order valence-electron chi connectivity index (χ2n) is 15.8. The van der Waals surface area contributed by atoms with Gasteiger partial charge in [0.25, 0.3) is 0 Å². The molecule has 8 atom stereocenters. The fraction of sp³-hybridized carbons (Fsp3) is 0.585. The first-order valence-corrected chi connectivity index (χ1v) is 20.6. The fourth-order valence-electron chi connectivity index (χ4n) is 6.91. The number of ether oxygens (including phenoxy) is 1. The summed E-state index contributed by atoms with van der Waals surface area (Å²) in [5, 5.41) is 41.9. The summed E-state index contributed by atoms with van der Waals surface area (Å²) in [6, 6.07) is -2.97. The zero-order valence-corrected chi connectivity index (χ0v) is 35.7. The summed E-state index contributed by atoms with van der Waals surface area (Å²) >= 11 is 0. The molecule has 1 saturated heterocycles. The number of amides is 6. The third kappa shape index (κ3) is 15.1. The molecule has 62 heavy (non-hydrogen) atoms. The van der Waals surface area contributed by atoms with Gasteiger partial charge < -0.3 is 62.3 Å². The largest absolute Gasteiger partial charge is 0.508 e. The molecule has 0 radical (unpaired) electrons. The number of carbonyl (C=O) groups excluding carboxylic acids is 6. The van der Waals surface area contributed by atoms with Crippen LogP contribution in [0.2, 0.25) is 0 Å². The number of aromatic amines is 1. The van der Waals surface area contributed by atoms with Crippen molar-refractivity contribution < 1.29 is 58.4 Å². The molecule has 3 rings (SSSR count). The van der Waals surface area contributed by atoms with Crippen molar-refractivity contribution in [1.29, 1.82) is 0 Å². The van der Waals surface area contributed by atoms with Crippen molar-refractivity contribution in [2.75, 3.05) is 20.3 Å². The number of carboxylic acid groups (broad SMARTS) is 2. The number of carbonyl (C=O) groups is 8. The Hall–Kier alpha value is -6.09. The number of phenolic OH excluding ortho intramolecular Hbond substituents is 1. The summed E-state index contributed by atoms with van der Waals surface area (Å²) in [5.74, 6) is -8.16. The van der Waals surface area contributed by atoms with Gasteiger partial charge in [-0.15, -0.1) is 0 Å². The number of likely N-dealkylation sites (tertiary alicyclic amines) is 1. The molecule has 0 spiro atoms. The number of aromatic nitrogens is 2. The zero-order chi connectivity index (χ0) is 46.1. The van der Waals surface area contributed by atoms with Crippen LogP contribution in [0.3, 0.4) is 0 Å². The topological polar surface area (TPSA) is 325 Å². The minimum absolute atomic E-state index is 0.0462. The third-order valence-corrected chi connectivity index (χ3v) is 10.7. The molecule has 342 valence electrons. The van der Waals surface area contributed by atoms with Gasteiger partial charge in [0, 0.05) is 45.0 Å². The molecule has 21 nitrogen and oxygen atoms in total. The molecule has 11 N–H and O–H groups in total. The van der Waals surface area contributed by atoms with E-state index in [1.54, 1.807) is 27.7 Å². The average molecular weight is 872 g/mol. The van der Waals surface area contributed by atoms with Crippen molar-refractivity contribution in [3.63, 3.8) is 0 Å². The number of benzene rings is 1. The first-order chi connectivity index (χ1) is 29.4. The summed E-state index contributed by atoms with van der Waals surface area (Å²) in [5.41, 5.74) is 6.72. The van der Waals surface area contributed by atoms with Gasteiger partial charge in [-0.25, -0.2) is 9.78 Å². The Kier molecular flexibility index (Phi) is 19.8. The Labute approximate surface area is 359 Å². The maximum Gasteiger partial charge on any atom is 0.326 e. The summed E-state index contributed by atoms with van der Waals surface area (Å²) in [4.78, 5) is 114. The lowest BCUT2D eigenvalue weighted by atomic mass is 9.96. The molecule has 1 aliphatic rings. The Morgan fingerprint density at radius 2 is 1.52 bits per heavy atom. The smallest absolute Gasteiger partial charge is 0.326 e. The first-order valence-electron chi connectivity index (χ1n) is 20.6. The van der Waals surface area contributed by atoms with Gasteiger partial charge in [-0.2, -0.15) is 0 Å². The Morgan fingerprint density at radius 3 is 2.10 bits per heavy atom. The van der Waals surface area contributed by atoms with Crippen molar-refractivity contribution in [2.24, 2.45) is 17.6 Å². The highest BCUT2D eigenvalue weighted by Gasteiger charge is 2.41. The molecule has 1 unspecified atom stereocenters. The molecule has 0 aliphatic carbocycles. The van der Waals surface area contributed by atoms with Crippen molar-refractivity contribution in [3.8, 4) is 5.75 Å². The van der Waals surface area contributed by atoms with Crippen LogP contribution in [-0.4, -0.2) is 140 Å². The quantitative estimate of drug-likeness (QED) is 0.0554. The van der Waals surface area contributed by atoms with E-state index in [0.29, 0.717) is 37.1 Å². The van der Waals surface area contributed by atoms with Gasteiger partial charge in [0.1, 0.15) is 42.0 Å². The molecule has 0 bridgehead atoms. The molecule has 1 aromatic heterocycles. The minimum atomic E-state index is -1.45. The number of nitrogens with zero attached hydrogens (tertiary/aromatic N) is 2. The van der Waals surface area contributed by atoms with Gasteiger partial charge in [-0.05, 0) is 55.2 Å². The van der Waals surface area contributed by atoms with Crippen molar-refractivity contribution in [2.45, 2.75) is 121 Å². The molecule has 6 amide bonds. The van der Waals surface area contributed by atoms with E-state index in [2.05, 4.69) is 36.6 Å². The second kappa shape index (κ2) is 24.4. The number of carboxylic acids is 2. The van der Waals surface area contributed by atoms with Crippen LogP contribution in [0.15, 0.2) is 36.8 Å². The highest BCUT2D eigenvalue weighted by Crippen LogP contribution is 2.21. The highest BCUT2D eigenvalue weighted by atomic mass is 16.5. The lowest BCUT2D eigenvalue weighted by molar-refractivity contribution is -0.145. The van der Waals surface area contributed by atoms with E-state index in [1.165, 1.54) is 48.8 Å². The number of methoxy groups -OCH3 is 1. The average Bonchev–Trinajstić information content (AvgIpc) is 3.94. The van der Waals surface area contributed by atoms with E-state index >= 15 is 0 Å². The summed E-state index contributed by atoms with van der Waals surface area (Å²) in [6.45, 7) is 7.20. The highest BCUT2D eigenvalue weighted by molar-refractivity contribution is 5.97. The molecule has 2 heterocycles. The summed E-state index contributed by atoms with van der Waals surface area (Å²) in [7, 11) is 1.48. The van der Waals surface area contributed by atoms with Crippen LogP contribution in [0.5, 0.6) is 5.75 Å².